The molecule has 0 fully saturated rings. The van der Waals surface area contributed by atoms with Gasteiger partial charge in [-0.3, -0.25) is 0 Å². The zero-order chi connectivity index (χ0) is 14.5. The molecule has 20 heavy (non-hydrogen) atoms. The highest BCUT2D eigenvalue weighted by Gasteiger charge is 2.47. The number of benzene rings is 2. The second-order valence-electron chi connectivity index (χ2n) is 6.81. The van der Waals surface area contributed by atoms with Gasteiger partial charge in [0, 0.05) is 11.0 Å². The third-order valence-electron chi connectivity index (χ3n) is 4.91. The summed E-state index contributed by atoms with van der Waals surface area (Å²) in [6.45, 7) is 11.0. The zero-order valence-electron chi connectivity index (χ0n) is 12.9. The Hall–Kier alpha value is -1.76. The maximum absolute atomic E-state index is 6.20. The van der Waals surface area contributed by atoms with Crippen LogP contribution in [0.15, 0.2) is 42.5 Å². The Balaban J connectivity index is 2.07. The first-order valence-electron chi connectivity index (χ1n) is 7.22. The predicted molar refractivity (Wildman–Crippen MR) is 84.3 cm³/mol. The summed E-state index contributed by atoms with van der Waals surface area (Å²) in [5, 5.41) is 0. The fourth-order valence-electron chi connectivity index (χ4n) is 2.78. The van der Waals surface area contributed by atoms with Crippen molar-refractivity contribution in [1.82, 2.24) is 0 Å². The van der Waals surface area contributed by atoms with Gasteiger partial charge in [-0.05, 0) is 38.0 Å². The van der Waals surface area contributed by atoms with Crippen LogP contribution in [0.5, 0.6) is 5.75 Å². The first-order chi connectivity index (χ1) is 9.31. The van der Waals surface area contributed by atoms with Crippen LogP contribution in [0.3, 0.4) is 0 Å². The average molecular weight is 266 g/mol. The Morgan fingerprint density at radius 2 is 1.40 bits per heavy atom. The van der Waals surface area contributed by atoms with E-state index in [1.54, 1.807) is 0 Å². The lowest BCUT2D eigenvalue weighted by Crippen LogP contribution is -2.41. The van der Waals surface area contributed by atoms with Crippen molar-refractivity contribution >= 4 is 0 Å². The summed E-state index contributed by atoms with van der Waals surface area (Å²) in [5.41, 5.74) is 4.92. The van der Waals surface area contributed by atoms with E-state index >= 15 is 0 Å². The van der Waals surface area contributed by atoms with E-state index in [0.717, 1.165) is 5.75 Å². The van der Waals surface area contributed by atoms with Gasteiger partial charge < -0.3 is 4.74 Å². The van der Waals surface area contributed by atoms with Crippen molar-refractivity contribution in [1.29, 1.82) is 0 Å². The molecule has 2 aromatic rings. The van der Waals surface area contributed by atoms with Crippen LogP contribution in [0.1, 0.15) is 38.8 Å². The molecule has 1 heterocycles. The lowest BCUT2D eigenvalue weighted by molar-refractivity contribution is 0.0713. The largest absolute Gasteiger partial charge is 0.487 e. The average Bonchev–Trinajstić information content (AvgIpc) is 2.56. The third kappa shape index (κ3) is 1.84. The summed E-state index contributed by atoms with van der Waals surface area (Å²) >= 11 is 0. The molecule has 0 saturated carbocycles. The Bertz CT molecular complexity index is 648. The van der Waals surface area contributed by atoms with E-state index in [1.165, 1.54) is 22.3 Å². The van der Waals surface area contributed by atoms with Gasteiger partial charge in [0.05, 0.1) is 0 Å². The van der Waals surface area contributed by atoms with E-state index in [4.69, 9.17) is 4.74 Å². The topological polar surface area (TPSA) is 9.23 Å². The zero-order valence-corrected chi connectivity index (χ0v) is 12.9. The van der Waals surface area contributed by atoms with Crippen LogP contribution >= 0.6 is 0 Å². The van der Waals surface area contributed by atoms with Gasteiger partial charge in [-0.2, -0.15) is 0 Å². The quantitative estimate of drug-likeness (QED) is 0.697. The molecule has 0 atom stereocenters. The van der Waals surface area contributed by atoms with E-state index in [1.807, 2.05) is 0 Å². The van der Waals surface area contributed by atoms with E-state index < -0.39 is 0 Å². The lowest BCUT2D eigenvalue weighted by Gasteiger charge is -2.33. The first-order valence-corrected chi connectivity index (χ1v) is 7.22. The van der Waals surface area contributed by atoms with Gasteiger partial charge in [0.2, 0.25) is 0 Å². The number of hydrogen-bond donors (Lipinski definition) is 0. The maximum atomic E-state index is 6.20. The number of ether oxygens (including phenoxy) is 1. The van der Waals surface area contributed by atoms with E-state index in [2.05, 4.69) is 77.1 Å². The highest BCUT2D eigenvalue weighted by Crippen LogP contribution is 2.49. The van der Waals surface area contributed by atoms with Crippen LogP contribution in [-0.2, 0) is 5.41 Å². The monoisotopic (exact) mass is 266 g/mol. The highest BCUT2D eigenvalue weighted by molar-refractivity contribution is 5.67. The molecule has 104 valence electrons. The van der Waals surface area contributed by atoms with Crippen LogP contribution in [0.25, 0.3) is 11.1 Å². The molecule has 1 aliphatic rings. The van der Waals surface area contributed by atoms with Crippen LogP contribution in [0.4, 0.5) is 0 Å². The first kappa shape index (κ1) is 13.2. The van der Waals surface area contributed by atoms with Gasteiger partial charge in [-0.1, -0.05) is 55.8 Å². The third-order valence-corrected chi connectivity index (χ3v) is 4.91. The Labute approximate surface area is 121 Å². The molecule has 0 aliphatic carbocycles. The lowest BCUT2D eigenvalue weighted by atomic mass is 9.74. The SMILES string of the molecule is Cc1ccc(-c2ccc3c(c2)OC(C)(C)C3(C)C)cc1. The molecular formula is C19H22O. The van der Waals surface area contributed by atoms with E-state index in [0.29, 0.717) is 0 Å². The summed E-state index contributed by atoms with van der Waals surface area (Å²) in [6.07, 6.45) is 0. The molecule has 0 unspecified atom stereocenters. The van der Waals surface area contributed by atoms with Crippen molar-refractivity contribution in [3.8, 4) is 16.9 Å². The smallest absolute Gasteiger partial charge is 0.124 e. The van der Waals surface area contributed by atoms with Crippen molar-refractivity contribution < 1.29 is 4.74 Å². The van der Waals surface area contributed by atoms with Gasteiger partial charge in [-0.15, -0.1) is 0 Å². The molecule has 0 spiro atoms. The van der Waals surface area contributed by atoms with Crippen LogP contribution < -0.4 is 4.74 Å². The summed E-state index contributed by atoms with van der Waals surface area (Å²) in [5.74, 6) is 1.03. The molecule has 1 aliphatic heterocycles. The van der Waals surface area contributed by atoms with Gasteiger partial charge >= 0.3 is 0 Å². The number of aryl methyl sites for hydroxylation is 1. The minimum absolute atomic E-state index is 0.0359. The highest BCUT2D eigenvalue weighted by atomic mass is 16.5. The Morgan fingerprint density at radius 1 is 0.800 bits per heavy atom. The summed E-state index contributed by atoms with van der Waals surface area (Å²) in [4.78, 5) is 0. The van der Waals surface area contributed by atoms with Crippen molar-refractivity contribution in [2.75, 3.05) is 0 Å². The molecular weight excluding hydrogens is 244 g/mol. The standard InChI is InChI=1S/C19H22O/c1-13-6-8-14(9-7-13)15-10-11-16-17(12-15)20-19(4,5)18(16,2)3/h6-12H,1-5H3. The summed E-state index contributed by atoms with van der Waals surface area (Å²) in [7, 11) is 0. The minimum Gasteiger partial charge on any atom is -0.487 e. The summed E-state index contributed by atoms with van der Waals surface area (Å²) in [6, 6.07) is 15.2. The number of rotatable bonds is 1. The molecule has 0 N–H and O–H groups in total. The van der Waals surface area contributed by atoms with Gasteiger partial charge in [0.1, 0.15) is 11.4 Å². The Morgan fingerprint density at radius 3 is 2.05 bits per heavy atom. The van der Waals surface area contributed by atoms with Crippen molar-refractivity contribution in [2.24, 2.45) is 0 Å². The molecule has 1 heteroatoms. The molecule has 0 bridgehead atoms. The van der Waals surface area contributed by atoms with Gasteiger partial charge in [0.25, 0.3) is 0 Å². The Kier molecular flexibility index (Phi) is 2.72. The molecule has 0 aromatic heterocycles. The summed E-state index contributed by atoms with van der Waals surface area (Å²) < 4.78 is 6.20. The number of fused-ring (bicyclic) bond motifs is 1. The fraction of sp³-hybridized carbons (Fsp3) is 0.368. The predicted octanol–water partition coefficient (Wildman–Crippen LogP) is 5.11. The van der Waals surface area contributed by atoms with Crippen LogP contribution in [-0.4, -0.2) is 5.60 Å². The van der Waals surface area contributed by atoms with Crippen molar-refractivity contribution in [2.45, 2.75) is 45.6 Å². The van der Waals surface area contributed by atoms with Gasteiger partial charge in [0.15, 0.2) is 0 Å². The van der Waals surface area contributed by atoms with E-state index in [9.17, 15) is 0 Å². The molecule has 1 nitrogen and oxygen atoms in total. The molecule has 0 radical (unpaired) electrons. The maximum Gasteiger partial charge on any atom is 0.124 e. The van der Waals surface area contributed by atoms with Crippen molar-refractivity contribution in [3.05, 3.63) is 53.6 Å². The van der Waals surface area contributed by atoms with Crippen LogP contribution in [0.2, 0.25) is 0 Å². The second-order valence-corrected chi connectivity index (χ2v) is 6.81. The molecule has 2 aromatic carbocycles. The number of hydrogen-bond acceptors (Lipinski definition) is 1. The van der Waals surface area contributed by atoms with Crippen molar-refractivity contribution in [3.63, 3.8) is 0 Å². The molecule has 0 saturated heterocycles. The minimum atomic E-state index is -0.165. The van der Waals surface area contributed by atoms with E-state index in [-0.39, 0.29) is 11.0 Å². The van der Waals surface area contributed by atoms with Crippen LogP contribution in [0, 0.1) is 6.92 Å². The normalized spacial score (nSPS) is 18.4. The van der Waals surface area contributed by atoms with Gasteiger partial charge in [-0.25, -0.2) is 0 Å². The fourth-order valence-corrected chi connectivity index (χ4v) is 2.78. The molecule has 0 amide bonds. The molecule has 3 rings (SSSR count). The second kappa shape index (κ2) is 4.12.